The molecule has 0 fully saturated rings. The number of anilines is 1. The fourth-order valence-electron chi connectivity index (χ4n) is 2.85. The summed E-state index contributed by atoms with van der Waals surface area (Å²) >= 11 is 5.92. The Morgan fingerprint density at radius 1 is 1.13 bits per heavy atom. The summed E-state index contributed by atoms with van der Waals surface area (Å²) in [7, 11) is 0. The van der Waals surface area contributed by atoms with E-state index < -0.39 is 6.10 Å². The molecule has 1 N–H and O–H groups in total. The Bertz CT molecular complexity index is 714. The minimum Gasteiger partial charge on any atom is -0.481 e. The van der Waals surface area contributed by atoms with Crippen molar-refractivity contribution < 1.29 is 9.53 Å². The van der Waals surface area contributed by atoms with Gasteiger partial charge in [-0.15, -0.1) is 0 Å². The van der Waals surface area contributed by atoms with Crippen LogP contribution in [0.25, 0.3) is 0 Å². The SMILES string of the molecule is CC(Oc1ccc2c(c1)CCCC2)C(=O)Nc1cccc(Cl)c1. The number of hydrogen-bond acceptors (Lipinski definition) is 2. The maximum Gasteiger partial charge on any atom is 0.265 e. The lowest BCUT2D eigenvalue weighted by atomic mass is 9.92. The van der Waals surface area contributed by atoms with E-state index in [9.17, 15) is 4.79 Å². The largest absolute Gasteiger partial charge is 0.481 e. The highest BCUT2D eigenvalue weighted by atomic mass is 35.5. The topological polar surface area (TPSA) is 38.3 Å². The molecule has 0 bridgehead atoms. The molecule has 3 rings (SSSR count). The van der Waals surface area contributed by atoms with Crippen molar-refractivity contribution in [3.05, 3.63) is 58.6 Å². The first kappa shape index (κ1) is 15.9. The number of nitrogens with one attached hydrogen (secondary N) is 1. The summed E-state index contributed by atoms with van der Waals surface area (Å²) in [4.78, 5) is 12.2. The van der Waals surface area contributed by atoms with Crippen molar-refractivity contribution in [2.45, 2.75) is 38.7 Å². The zero-order valence-corrected chi connectivity index (χ0v) is 13.9. The molecule has 2 aromatic rings. The number of benzene rings is 2. The van der Waals surface area contributed by atoms with Crippen LogP contribution in [-0.2, 0) is 17.6 Å². The van der Waals surface area contributed by atoms with Crippen LogP contribution in [0, 0.1) is 0 Å². The van der Waals surface area contributed by atoms with Crippen LogP contribution < -0.4 is 10.1 Å². The maximum atomic E-state index is 12.2. The molecule has 0 heterocycles. The van der Waals surface area contributed by atoms with E-state index in [4.69, 9.17) is 16.3 Å². The number of rotatable bonds is 4. The van der Waals surface area contributed by atoms with Crippen molar-refractivity contribution in [2.24, 2.45) is 0 Å². The molecule has 4 heteroatoms. The van der Waals surface area contributed by atoms with E-state index in [-0.39, 0.29) is 5.91 Å². The Balaban J connectivity index is 1.64. The average Bonchev–Trinajstić information content (AvgIpc) is 2.54. The number of hydrogen-bond donors (Lipinski definition) is 1. The molecule has 1 unspecified atom stereocenters. The molecule has 120 valence electrons. The second kappa shape index (κ2) is 7.05. The van der Waals surface area contributed by atoms with E-state index in [0.29, 0.717) is 10.7 Å². The number of amides is 1. The molecule has 1 atom stereocenters. The van der Waals surface area contributed by atoms with Gasteiger partial charge < -0.3 is 10.1 Å². The Morgan fingerprint density at radius 2 is 1.91 bits per heavy atom. The van der Waals surface area contributed by atoms with Gasteiger partial charge in [0.15, 0.2) is 6.10 Å². The first-order valence-corrected chi connectivity index (χ1v) is 8.34. The van der Waals surface area contributed by atoms with E-state index in [2.05, 4.69) is 17.4 Å². The highest BCUT2D eigenvalue weighted by Gasteiger charge is 2.16. The molecular formula is C19H20ClNO2. The minimum absolute atomic E-state index is 0.190. The summed E-state index contributed by atoms with van der Waals surface area (Å²) in [6, 6.07) is 13.2. The first-order chi connectivity index (χ1) is 11.1. The van der Waals surface area contributed by atoms with Crippen LogP contribution >= 0.6 is 11.6 Å². The van der Waals surface area contributed by atoms with Gasteiger partial charge in [0.05, 0.1) is 0 Å². The van der Waals surface area contributed by atoms with E-state index in [1.54, 1.807) is 31.2 Å². The van der Waals surface area contributed by atoms with Crippen LogP contribution in [0.2, 0.25) is 5.02 Å². The molecule has 1 aliphatic rings. The highest BCUT2D eigenvalue weighted by molar-refractivity contribution is 6.30. The molecule has 0 aliphatic heterocycles. The molecule has 0 aromatic heterocycles. The third-order valence-electron chi connectivity index (χ3n) is 4.09. The average molecular weight is 330 g/mol. The molecule has 0 saturated carbocycles. The van der Waals surface area contributed by atoms with Crippen LogP contribution in [-0.4, -0.2) is 12.0 Å². The zero-order valence-electron chi connectivity index (χ0n) is 13.1. The van der Waals surface area contributed by atoms with Gasteiger partial charge in [-0.3, -0.25) is 4.79 Å². The number of carbonyl (C=O) groups excluding carboxylic acids is 1. The summed E-state index contributed by atoms with van der Waals surface area (Å²) < 4.78 is 5.80. The smallest absolute Gasteiger partial charge is 0.265 e. The third kappa shape index (κ3) is 4.05. The maximum absolute atomic E-state index is 12.2. The van der Waals surface area contributed by atoms with Crippen LogP contribution in [0.5, 0.6) is 5.75 Å². The Hall–Kier alpha value is -2.00. The normalized spacial score (nSPS) is 14.7. The van der Waals surface area contributed by atoms with E-state index in [1.165, 1.54) is 24.0 Å². The molecule has 0 spiro atoms. The van der Waals surface area contributed by atoms with Gasteiger partial charge in [0.2, 0.25) is 0 Å². The summed E-state index contributed by atoms with van der Waals surface area (Å²) in [5, 5.41) is 3.41. The quantitative estimate of drug-likeness (QED) is 0.888. The van der Waals surface area contributed by atoms with Gasteiger partial charge in [-0.2, -0.15) is 0 Å². The molecule has 2 aromatic carbocycles. The summed E-state index contributed by atoms with van der Waals surface area (Å²) in [5.41, 5.74) is 3.42. The van der Waals surface area contributed by atoms with Crippen LogP contribution in [0.15, 0.2) is 42.5 Å². The monoisotopic (exact) mass is 329 g/mol. The molecule has 23 heavy (non-hydrogen) atoms. The fourth-order valence-corrected chi connectivity index (χ4v) is 3.04. The minimum atomic E-state index is -0.573. The van der Waals surface area contributed by atoms with Gasteiger partial charge in [0.1, 0.15) is 5.75 Å². The summed E-state index contributed by atoms with van der Waals surface area (Å²) in [5.74, 6) is 0.560. The van der Waals surface area contributed by atoms with Crippen LogP contribution in [0.3, 0.4) is 0 Å². The number of fused-ring (bicyclic) bond motifs is 1. The second-order valence-corrected chi connectivity index (χ2v) is 6.33. The summed E-state index contributed by atoms with van der Waals surface area (Å²) in [6.45, 7) is 1.75. The third-order valence-corrected chi connectivity index (χ3v) is 4.33. The number of carbonyl (C=O) groups is 1. The standard InChI is InChI=1S/C19H20ClNO2/c1-13(19(22)21-17-8-4-7-16(20)12-17)23-18-10-9-14-5-2-3-6-15(14)11-18/h4,7-13H,2-3,5-6H2,1H3,(H,21,22). The van der Waals surface area contributed by atoms with Gasteiger partial charge in [0.25, 0.3) is 5.91 Å². The van der Waals surface area contributed by atoms with Gasteiger partial charge in [-0.05, 0) is 74.1 Å². The van der Waals surface area contributed by atoms with Gasteiger partial charge in [-0.25, -0.2) is 0 Å². The van der Waals surface area contributed by atoms with E-state index >= 15 is 0 Å². The van der Waals surface area contributed by atoms with E-state index in [0.717, 1.165) is 18.6 Å². The molecule has 3 nitrogen and oxygen atoms in total. The highest BCUT2D eigenvalue weighted by Crippen LogP contribution is 2.26. The van der Waals surface area contributed by atoms with Gasteiger partial charge in [0, 0.05) is 10.7 Å². The lowest BCUT2D eigenvalue weighted by Crippen LogP contribution is -2.30. The Kier molecular flexibility index (Phi) is 4.87. The second-order valence-electron chi connectivity index (χ2n) is 5.90. The van der Waals surface area contributed by atoms with Crippen molar-refractivity contribution in [2.75, 3.05) is 5.32 Å². The number of aryl methyl sites for hydroxylation is 2. The molecular weight excluding hydrogens is 310 g/mol. The van der Waals surface area contributed by atoms with Crippen molar-refractivity contribution in [3.63, 3.8) is 0 Å². The van der Waals surface area contributed by atoms with E-state index in [1.807, 2.05) is 6.07 Å². The molecule has 1 amide bonds. The van der Waals surface area contributed by atoms with Crippen molar-refractivity contribution in [3.8, 4) is 5.75 Å². The molecule has 1 aliphatic carbocycles. The summed E-state index contributed by atoms with van der Waals surface area (Å²) in [6.07, 6.45) is 4.14. The number of halogens is 1. The van der Waals surface area contributed by atoms with Crippen molar-refractivity contribution in [1.29, 1.82) is 0 Å². The Morgan fingerprint density at radius 3 is 2.70 bits per heavy atom. The predicted molar refractivity (Wildman–Crippen MR) is 93.3 cm³/mol. The fraction of sp³-hybridized carbons (Fsp3) is 0.316. The van der Waals surface area contributed by atoms with Crippen LogP contribution in [0.1, 0.15) is 30.9 Å². The predicted octanol–water partition coefficient (Wildman–Crippen LogP) is 4.62. The van der Waals surface area contributed by atoms with Gasteiger partial charge in [-0.1, -0.05) is 23.7 Å². The van der Waals surface area contributed by atoms with Gasteiger partial charge >= 0.3 is 0 Å². The van der Waals surface area contributed by atoms with Crippen molar-refractivity contribution >= 4 is 23.2 Å². The lowest BCUT2D eigenvalue weighted by molar-refractivity contribution is -0.122. The number of ether oxygens (including phenoxy) is 1. The first-order valence-electron chi connectivity index (χ1n) is 7.97. The lowest BCUT2D eigenvalue weighted by Gasteiger charge is -2.19. The molecule has 0 saturated heterocycles. The Labute approximate surface area is 141 Å². The zero-order chi connectivity index (χ0) is 16.2. The molecule has 0 radical (unpaired) electrons. The van der Waals surface area contributed by atoms with Crippen molar-refractivity contribution in [1.82, 2.24) is 0 Å². The van der Waals surface area contributed by atoms with Crippen LogP contribution in [0.4, 0.5) is 5.69 Å².